The number of amides is 1. The summed E-state index contributed by atoms with van der Waals surface area (Å²) >= 11 is 0. The molecule has 1 amide bonds. The fourth-order valence-corrected chi connectivity index (χ4v) is 3.77. The largest absolute Gasteiger partial charge is 0.466 e. The molecule has 1 aliphatic heterocycles. The van der Waals surface area contributed by atoms with Crippen LogP contribution in [-0.4, -0.2) is 18.4 Å². The summed E-state index contributed by atoms with van der Waals surface area (Å²) in [7, 11) is 0. The standard InChI is InChI=1S/C23H21NO4/c1-14-9-10-21(27-14)19-13-24(15(2)25)20-11-18(17-7-5-4-6-8-17)12-22(23(19)20)28-16(3)26/h4-12,19H,13H2,1-3H3. The van der Waals surface area contributed by atoms with Gasteiger partial charge < -0.3 is 14.1 Å². The van der Waals surface area contributed by atoms with Gasteiger partial charge in [-0.15, -0.1) is 0 Å². The molecule has 5 nitrogen and oxygen atoms in total. The maximum absolute atomic E-state index is 12.4. The normalized spacial score (nSPS) is 15.4. The number of furan rings is 1. The van der Waals surface area contributed by atoms with E-state index in [1.54, 1.807) is 11.8 Å². The van der Waals surface area contributed by atoms with Gasteiger partial charge in [0.15, 0.2) is 0 Å². The molecule has 1 aromatic heterocycles. The summed E-state index contributed by atoms with van der Waals surface area (Å²) in [6.45, 7) is 5.25. The SMILES string of the molecule is CC(=O)Oc1cc(-c2ccccc2)cc2c1C(c1ccc(C)o1)CN2C(C)=O. The summed E-state index contributed by atoms with van der Waals surface area (Å²) < 4.78 is 11.4. The van der Waals surface area contributed by atoms with Crippen LogP contribution in [-0.2, 0) is 9.59 Å². The van der Waals surface area contributed by atoms with Crippen molar-refractivity contribution in [3.63, 3.8) is 0 Å². The third-order valence-electron chi connectivity index (χ3n) is 4.97. The van der Waals surface area contributed by atoms with E-state index in [1.807, 2.05) is 61.5 Å². The van der Waals surface area contributed by atoms with Crippen molar-refractivity contribution >= 4 is 17.6 Å². The van der Waals surface area contributed by atoms with Crippen LogP contribution in [0.3, 0.4) is 0 Å². The van der Waals surface area contributed by atoms with E-state index >= 15 is 0 Å². The average Bonchev–Trinajstić information content (AvgIpc) is 3.25. The first-order valence-electron chi connectivity index (χ1n) is 9.20. The van der Waals surface area contributed by atoms with Crippen molar-refractivity contribution in [1.82, 2.24) is 0 Å². The molecule has 0 bridgehead atoms. The number of ether oxygens (including phenoxy) is 1. The molecule has 1 unspecified atom stereocenters. The van der Waals surface area contributed by atoms with Crippen LogP contribution in [0.25, 0.3) is 11.1 Å². The van der Waals surface area contributed by atoms with Crippen molar-refractivity contribution in [2.24, 2.45) is 0 Å². The van der Waals surface area contributed by atoms with Crippen molar-refractivity contribution in [1.29, 1.82) is 0 Å². The van der Waals surface area contributed by atoms with E-state index < -0.39 is 5.97 Å². The number of hydrogen-bond donors (Lipinski definition) is 0. The molecule has 0 fully saturated rings. The molecule has 2 aromatic carbocycles. The van der Waals surface area contributed by atoms with Crippen molar-refractivity contribution in [3.05, 3.63) is 71.7 Å². The molecule has 3 aromatic rings. The first-order valence-corrected chi connectivity index (χ1v) is 9.20. The van der Waals surface area contributed by atoms with Crippen molar-refractivity contribution in [3.8, 4) is 16.9 Å². The van der Waals surface area contributed by atoms with Crippen LogP contribution in [0.15, 0.2) is 59.0 Å². The van der Waals surface area contributed by atoms with Crippen molar-refractivity contribution in [2.45, 2.75) is 26.7 Å². The minimum atomic E-state index is -0.400. The topological polar surface area (TPSA) is 59.8 Å². The fourth-order valence-electron chi connectivity index (χ4n) is 3.77. The van der Waals surface area contributed by atoms with E-state index in [4.69, 9.17) is 9.15 Å². The first-order chi connectivity index (χ1) is 13.4. The molecule has 2 heterocycles. The van der Waals surface area contributed by atoms with Gasteiger partial charge in [-0.2, -0.15) is 0 Å². The highest BCUT2D eigenvalue weighted by Crippen LogP contribution is 2.48. The number of carbonyl (C=O) groups is 2. The highest BCUT2D eigenvalue weighted by atomic mass is 16.5. The number of anilines is 1. The number of rotatable bonds is 3. The van der Waals surface area contributed by atoms with Gasteiger partial charge in [0, 0.05) is 26.0 Å². The number of benzene rings is 2. The van der Waals surface area contributed by atoms with E-state index in [9.17, 15) is 9.59 Å². The number of esters is 1. The monoisotopic (exact) mass is 375 g/mol. The highest BCUT2D eigenvalue weighted by Gasteiger charge is 2.37. The zero-order valence-corrected chi connectivity index (χ0v) is 16.1. The molecule has 5 heteroatoms. The predicted molar refractivity (Wildman–Crippen MR) is 107 cm³/mol. The van der Waals surface area contributed by atoms with Crippen LogP contribution < -0.4 is 9.64 Å². The van der Waals surface area contributed by atoms with Gasteiger partial charge in [-0.3, -0.25) is 9.59 Å². The Kier molecular flexibility index (Phi) is 4.51. The molecule has 0 spiro atoms. The van der Waals surface area contributed by atoms with Gasteiger partial charge in [0.25, 0.3) is 0 Å². The lowest BCUT2D eigenvalue weighted by molar-refractivity contribution is -0.131. The minimum absolute atomic E-state index is 0.0639. The number of hydrogen-bond acceptors (Lipinski definition) is 4. The Hall–Kier alpha value is -3.34. The molecule has 0 saturated carbocycles. The van der Waals surface area contributed by atoms with E-state index in [1.165, 1.54) is 6.92 Å². The van der Waals surface area contributed by atoms with Gasteiger partial charge in [0.2, 0.25) is 5.91 Å². The Balaban J connectivity index is 1.93. The van der Waals surface area contributed by atoms with Crippen LogP contribution in [0.4, 0.5) is 5.69 Å². The van der Waals surface area contributed by atoms with Gasteiger partial charge in [0.05, 0.1) is 11.6 Å². The molecule has 4 rings (SSSR count). The summed E-state index contributed by atoms with van der Waals surface area (Å²) in [6, 6.07) is 17.5. The molecule has 1 atom stereocenters. The molecule has 1 aliphatic rings. The lowest BCUT2D eigenvalue weighted by Gasteiger charge is -2.17. The Morgan fingerprint density at radius 1 is 1.04 bits per heavy atom. The van der Waals surface area contributed by atoms with Gasteiger partial charge in [-0.25, -0.2) is 0 Å². The third-order valence-corrected chi connectivity index (χ3v) is 4.97. The van der Waals surface area contributed by atoms with E-state index in [0.717, 1.165) is 33.9 Å². The summed E-state index contributed by atoms with van der Waals surface area (Å²) in [5.41, 5.74) is 3.43. The van der Waals surface area contributed by atoms with Gasteiger partial charge in [0.1, 0.15) is 17.3 Å². The van der Waals surface area contributed by atoms with Gasteiger partial charge in [-0.1, -0.05) is 30.3 Å². The molecule has 0 saturated heterocycles. The molecule has 142 valence electrons. The maximum Gasteiger partial charge on any atom is 0.308 e. The highest BCUT2D eigenvalue weighted by molar-refractivity contribution is 5.96. The lowest BCUT2D eigenvalue weighted by atomic mass is 9.94. The lowest BCUT2D eigenvalue weighted by Crippen LogP contribution is -2.27. The maximum atomic E-state index is 12.4. The van der Waals surface area contributed by atoms with E-state index in [2.05, 4.69) is 0 Å². The Morgan fingerprint density at radius 2 is 1.79 bits per heavy atom. The first kappa shape index (κ1) is 18.0. The molecule has 0 radical (unpaired) electrons. The zero-order valence-electron chi connectivity index (χ0n) is 16.1. The van der Waals surface area contributed by atoms with Crippen LogP contribution in [0.2, 0.25) is 0 Å². The van der Waals surface area contributed by atoms with Crippen LogP contribution in [0.5, 0.6) is 5.75 Å². The summed E-state index contributed by atoms with van der Waals surface area (Å²) in [5, 5.41) is 0. The fraction of sp³-hybridized carbons (Fsp3) is 0.217. The smallest absolute Gasteiger partial charge is 0.308 e. The molecule has 0 N–H and O–H groups in total. The number of fused-ring (bicyclic) bond motifs is 1. The number of carbonyl (C=O) groups excluding carboxylic acids is 2. The quantitative estimate of drug-likeness (QED) is 0.493. The average molecular weight is 375 g/mol. The molecular weight excluding hydrogens is 354 g/mol. The molecule has 0 aliphatic carbocycles. The van der Waals surface area contributed by atoms with Crippen LogP contribution in [0, 0.1) is 6.92 Å². The Morgan fingerprint density at radius 3 is 2.39 bits per heavy atom. The number of nitrogens with zero attached hydrogens (tertiary/aromatic N) is 1. The van der Waals surface area contributed by atoms with Crippen molar-refractivity contribution in [2.75, 3.05) is 11.4 Å². The summed E-state index contributed by atoms with van der Waals surface area (Å²) in [5.74, 6) is 1.36. The number of aryl methyl sites for hydroxylation is 1. The second kappa shape index (κ2) is 7.00. The van der Waals surface area contributed by atoms with Gasteiger partial charge in [-0.05, 0) is 42.3 Å². The summed E-state index contributed by atoms with van der Waals surface area (Å²) in [6.07, 6.45) is 0. The van der Waals surface area contributed by atoms with Crippen LogP contribution in [0.1, 0.15) is 36.8 Å². The van der Waals surface area contributed by atoms with E-state index in [-0.39, 0.29) is 11.8 Å². The van der Waals surface area contributed by atoms with Crippen LogP contribution >= 0.6 is 0 Å². The molecule has 28 heavy (non-hydrogen) atoms. The summed E-state index contributed by atoms with van der Waals surface area (Å²) in [4.78, 5) is 25.9. The Labute approximate surface area is 163 Å². The van der Waals surface area contributed by atoms with E-state index in [0.29, 0.717) is 12.3 Å². The third kappa shape index (κ3) is 3.20. The second-order valence-corrected chi connectivity index (χ2v) is 7.00. The predicted octanol–water partition coefficient (Wildman–Crippen LogP) is 4.68. The second-order valence-electron chi connectivity index (χ2n) is 7.00. The minimum Gasteiger partial charge on any atom is -0.466 e. The van der Waals surface area contributed by atoms with Crippen molar-refractivity contribution < 1.29 is 18.7 Å². The zero-order chi connectivity index (χ0) is 19.8. The molecular formula is C23H21NO4. The van der Waals surface area contributed by atoms with Gasteiger partial charge >= 0.3 is 5.97 Å². The Bertz CT molecular complexity index is 1050.